The summed E-state index contributed by atoms with van der Waals surface area (Å²) in [5.74, 6) is -36.7. The maximum Gasteiger partial charge on any atom is 0.460 e. The third-order valence-electron chi connectivity index (χ3n) is 3.06. The molecular formula is C12H10F13I. The van der Waals surface area contributed by atoms with Crippen molar-refractivity contribution in [2.75, 3.05) is 0 Å². The molecule has 0 nitrogen and oxygen atoms in total. The van der Waals surface area contributed by atoms with Gasteiger partial charge in [-0.3, -0.25) is 0 Å². The molecule has 0 heterocycles. The Labute approximate surface area is 151 Å². The van der Waals surface area contributed by atoms with Crippen LogP contribution in [0.3, 0.4) is 0 Å². The van der Waals surface area contributed by atoms with Gasteiger partial charge in [0.25, 0.3) is 0 Å². The lowest BCUT2D eigenvalue weighted by molar-refractivity contribution is -0.436. The van der Waals surface area contributed by atoms with E-state index < -0.39 is 45.4 Å². The Bertz CT molecular complexity index is 518. The van der Waals surface area contributed by atoms with E-state index in [4.69, 9.17) is 0 Å². The highest BCUT2D eigenvalue weighted by Crippen LogP contribution is 2.60. The fraction of sp³-hybridized carbons (Fsp3) is 0.833. The summed E-state index contributed by atoms with van der Waals surface area (Å²) in [6.07, 6.45) is -8.16. The molecule has 0 amide bonds. The molecule has 0 atom stereocenters. The van der Waals surface area contributed by atoms with E-state index in [0.717, 1.165) is 22.6 Å². The first-order valence-corrected chi connectivity index (χ1v) is 7.61. The van der Waals surface area contributed by atoms with Gasteiger partial charge < -0.3 is 0 Å². The minimum Gasteiger partial charge on any atom is -0.195 e. The molecule has 0 radical (unpaired) electrons. The maximum absolute atomic E-state index is 13.4. The molecule has 0 saturated heterocycles. The van der Waals surface area contributed by atoms with Crippen molar-refractivity contribution in [3.8, 4) is 0 Å². The number of allylic oxidation sites excluding steroid dienone is 2. The summed E-state index contributed by atoms with van der Waals surface area (Å²) < 4.78 is 166. The van der Waals surface area contributed by atoms with Crippen molar-refractivity contribution in [2.45, 2.75) is 62.0 Å². The molecule has 156 valence electrons. The number of alkyl halides is 13. The highest BCUT2D eigenvalue weighted by molar-refractivity contribution is 14.1. The topological polar surface area (TPSA) is 0 Å². The van der Waals surface area contributed by atoms with Crippen molar-refractivity contribution in [1.82, 2.24) is 0 Å². The smallest absolute Gasteiger partial charge is 0.195 e. The lowest BCUT2D eigenvalue weighted by Crippen LogP contribution is -2.69. The van der Waals surface area contributed by atoms with E-state index in [0.29, 0.717) is 6.42 Å². The van der Waals surface area contributed by atoms with Crippen LogP contribution >= 0.6 is 22.6 Å². The average Bonchev–Trinajstić information content (AvgIpc) is 2.42. The fourth-order valence-corrected chi connectivity index (χ4v) is 2.26. The SMILES string of the molecule is CCCCC(I)=CC(F)(F)C(F)(F)C(F)(F)C(F)(F)C(F)(F)C(F)(F)F. The van der Waals surface area contributed by atoms with Crippen molar-refractivity contribution >= 4 is 22.6 Å². The van der Waals surface area contributed by atoms with Crippen LogP contribution in [0.1, 0.15) is 26.2 Å². The second-order valence-electron chi connectivity index (χ2n) is 5.11. The van der Waals surface area contributed by atoms with Crippen LogP contribution in [0.15, 0.2) is 9.66 Å². The monoisotopic (exact) mass is 528 g/mol. The molecule has 0 bridgehead atoms. The van der Waals surface area contributed by atoms with Crippen LogP contribution in [-0.4, -0.2) is 35.8 Å². The van der Waals surface area contributed by atoms with Gasteiger partial charge in [0.05, 0.1) is 0 Å². The van der Waals surface area contributed by atoms with E-state index in [1.807, 2.05) is 0 Å². The minimum atomic E-state index is -7.85. The molecule has 0 spiro atoms. The predicted molar refractivity (Wildman–Crippen MR) is 72.4 cm³/mol. The van der Waals surface area contributed by atoms with Gasteiger partial charge in [-0.05, 0) is 39.0 Å². The Kier molecular flexibility index (Phi) is 7.40. The van der Waals surface area contributed by atoms with E-state index in [9.17, 15) is 57.1 Å². The number of halogens is 14. The standard InChI is InChI=1S/C12H10F13I/c1-2-3-4-6(26)5-7(13,14)8(15,16)9(17,18)10(19,20)11(21,22)12(23,24)25/h5H,2-4H2,1H3. The Morgan fingerprint density at radius 2 is 1.08 bits per heavy atom. The first kappa shape index (κ1) is 25.6. The lowest BCUT2D eigenvalue weighted by Gasteiger charge is -2.39. The van der Waals surface area contributed by atoms with Gasteiger partial charge in [-0.2, -0.15) is 57.1 Å². The van der Waals surface area contributed by atoms with E-state index in [1.54, 1.807) is 0 Å². The summed E-state index contributed by atoms with van der Waals surface area (Å²) >= 11 is 0.995. The van der Waals surface area contributed by atoms with E-state index in [1.165, 1.54) is 6.92 Å². The van der Waals surface area contributed by atoms with Crippen molar-refractivity contribution in [3.63, 3.8) is 0 Å². The second kappa shape index (κ2) is 7.53. The summed E-state index contributed by atoms with van der Waals surface area (Å²) in [5, 5.41) is 0. The lowest BCUT2D eigenvalue weighted by atomic mass is 9.93. The van der Waals surface area contributed by atoms with Crippen LogP contribution in [0, 0.1) is 0 Å². The third-order valence-corrected chi connectivity index (χ3v) is 3.92. The summed E-state index contributed by atoms with van der Waals surface area (Å²) in [7, 11) is 0. The molecule has 0 rings (SSSR count). The van der Waals surface area contributed by atoms with E-state index in [2.05, 4.69) is 0 Å². The molecule has 14 heteroatoms. The number of hydrogen-bond acceptors (Lipinski definition) is 0. The Hall–Kier alpha value is -0.440. The molecule has 0 saturated carbocycles. The van der Waals surface area contributed by atoms with Crippen LogP contribution in [0.4, 0.5) is 57.1 Å². The van der Waals surface area contributed by atoms with Crippen LogP contribution in [0.5, 0.6) is 0 Å². The van der Waals surface area contributed by atoms with Gasteiger partial charge in [0.1, 0.15) is 0 Å². The van der Waals surface area contributed by atoms with Crippen molar-refractivity contribution < 1.29 is 57.1 Å². The van der Waals surface area contributed by atoms with Crippen LogP contribution < -0.4 is 0 Å². The normalized spacial score (nSPS) is 16.2. The molecule has 0 aromatic heterocycles. The molecule has 0 fully saturated rings. The average molecular weight is 528 g/mol. The third kappa shape index (κ3) is 4.18. The van der Waals surface area contributed by atoms with Crippen molar-refractivity contribution in [3.05, 3.63) is 9.66 Å². The van der Waals surface area contributed by atoms with Gasteiger partial charge in [-0.15, -0.1) is 0 Å². The zero-order valence-electron chi connectivity index (χ0n) is 12.5. The van der Waals surface area contributed by atoms with Crippen LogP contribution in [0.2, 0.25) is 0 Å². The molecule has 0 unspecified atom stereocenters. The first-order chi connectivity index (χ1) is 11.2. The first-order valence-electron chi connectivity index (χ1n) is 6.53. The maximum atomic E-state index is 13.4. The van der Waals surface area contributed by atoms with Crippen LogP contribution in [0.25, 0.3) is 0 Å². The highest BCUT2D eigenvalue weighted by atomic mass is 127. The molecular weight excluding hydrogens is 518 g/mol. The fourth-order valence-electron chi connectivity index (χ4n) is 1.49. The number of rotatable bonds is 8. The van der Waals surface area contributed by atoms with Crippen LogP contribution in [-0.2, 0) is 0 Å². The molecule has 0 aliphatic carbocycles. The van der Waals surface area contributed by atoms with Crippen molar-refractivity contribution in [1.29, 1.82) is 0 Å². The summed E-state index contributed by atoms with van der Waals surface area (Å²) in [5.41, 5.74) is 0. The quantitative estimate of drug-likeness (QED) is 0.231. The summed E-state index contributed by atoms with van der Waals surface area (Å²) in [4.78, 5) is 0. The predicted octanol–water partition coefficient (Wildman–Crippen LogP) is 7.23. The Morgan fingerprint density at radius 3 is 1.42 bits per heavy atom. The second-order valence-corrected chi connectivity index (χ2v) is 6.50. The van der Waals surface area contributed by atoms with E-state index >= 15 is 0 Å². The molecule has 0 aliphatic heterocycles. The highest BCUT2D eigenvalue weighted by Gasteiger charge is 2.90. The molecule has 26 heavy (non-hydrogen) atoms. The molecule has 0 aromatic carbocycles. The van der Waals surface area contributed by atoms with Gasteiger partial charge >= 0.3 is 35.8 Å². The summed E-state index contributed by atoms with van der Waals surface area (Å²) in [6, 6.07) is 0. The largest absolute Gasteiger partial charge is 0.460 e. The summed E-state index contributed by atoms with van der Waals surface area (Å²) in [6.45, 7) is 1.53. The van der Waals surface area contributed by atoms with Gasteiger partial charge in [-0.25, -0.2) is 0 Å². The van der Waals surface area contributed by atoms with E-state index in [-0.39, 0.29) is 12.8 Å². The molecule has 0 N–H and O–H groups in total. The van der Waals surface area contributed by atoms with Gasteiger partial charge in [0.15, 0.2) is 0 Å². The number of hydrogen-bond donors (Lipinski definition) is 0. The zero-order chi connectivity index (χ0) is 21.4. The number of unbranched alkanes of at least 4 members (excludes halogenated alkanes) is 1. The molecule has 0 aliphatic rings. The van der Waals surface area contributed by atoms with Crippen molar-refractivity contribution in [2.24, 2.45) is 0 Å². The van der Waals surface area contributed by atoms with Gasteiger partial charge in [0.2, 0.25) is 0 Å². The zero-order valence-corrected chi connectivity index (χ0v) is 14.6. The Balaban J connectivity index is 6.16. The Morgan fingerprint density at radius 1 is 0.692 bits per heavy atom. The minimum absolute atomic E-state index is 0.106. The molecule has 0 aromatic rings. The van der Waals surface area contributed by atoms with Gasteiger partial charge in [0, 0.05) is 6.08 Å². The van der Waals surface area contributed by atoms with Gasteiger partial charge in [-0.1, -0.05) is 13.3 Å².